The van der Waals surface area contributed by atoms with Crippen molar-refractivity contribution in [1.29, 1.82) is 0 Å². The fraction of sp³-hybridized carbons (Fsp3) is 1.00. The minimum atomic E-state index is 0.665. The molecule has 1 aliphatic heterocycles. The summed E-state index contributed by atoms with van der Waals surface area (Å²) in [5.74, 6) is 4.36. The highest BCUT2D eigenvalue weighted by molar-refractivity contribution is 4.81. The fourth-order valence-electron chi connectivity index (χ4n) is 4.43. The Bertz CT molecular complexity index is 273. The fourth-order valence-corrected chi connectivity index (χ4v) is 4.43. The van der Waals surface area contributed by atoms with Gasteiger partial charge >= 0.3 is 0 Å². The first-order valence-corrected chi connectivity index (χ1v) is 10.2. The predicted octanol–water partition coefficient (Wildman–Crippen LogP) is 6.28. The third-order valence-corrected chi connectivity index (χ3v) is 6.19. The van der Waals surface area contributed by atoms with E-state index in [9.17, 15) is 0 Å². The summed E-state index contributed by atoms with van der Waals surface area (Å²) in [6.45, 7) is 15.8. The van der Waals surface area contributed by atoms with Gasteiger partial charge in [-0.25, -0.2) is 0 Å². The second-order valence-electron chi connectivity index (χ2n) is 8.60. The molecule has 0 aromatic rings. The van der Waals surface area contributed by atoms with Crippen molar-refractivity contribution in [3.63, 3.8) is 0 Å². The van der Waals surface area contributed by atoms with Crippen LogP contribution in [-0.4, -0.2) is 12.6 Å². The molecule has 1 rings (SSSR count). The van der Waals surface area contributed by atoms with E-state index in [-0.39, 0.29) is 0 Å². The van der Waals surface area contributed by atoms with Gasteiger partial charge in [-0.05, 0) is 62.3 Å². The molecule has 0 radical (unpaired) electrons. The van der Waals surface area contributed by atoms with E-state index in [2.05, 4.69) is 46.9 Å². The van der Waals surface area contributed by atoms with Crippen molar-refractivity contribution >= 4 is 0 Å². The van der Waals surface area contributed by atoms with Crippen molar-refractivity contribution in [3.05, 3.63) is 0 Å². The van der Waals surface area contributed by atoms with Crippen LogP contribution >= 0.6 is 0 Å². The van der Waals surface area contributed by atoms with E-state index < -0.39 is 0 Å². The molecule has 132 valence electrons. The van der Waals surface area contributed by atoms with Crippen LogP contribution in [0.5, 0.6) is 0 Å². The van der Waals surface area contributed by atoms with Gasteiger partial charge in [-0.15, -0.1) is 0 Å². The van der Waals surface area contributed by atoms with Crippen LogP contribution in [0.1, 0.15) is 92.9 Å². The van der Waals surface area contributed by atoms with Crippen LogP contribution in [0.25, 0.3) is 0 Å². The summed E-state index contributed by atoms with van der Waals surface area (Å²) in [4.78, 5) is 0. The number of unbranched alkanes of at least 4 members (excludes halogenated alkanes) is 1. The highest BCUT2D eigenvalue weighted by Crippen LogP contribution is 2.35. The summed E-state index contributed by atoms with van der Waals surface area (Å²) in [5.41, 5.74) is 0. The van der Waals surface area contributed by atoms with Gasteiger partial charge in [0.2, 0.25) is 0 Å². The lowest BCUT2D eigenvalue weighted by Crippen LogP contribution is -2.38. The summed E-state index contributed by atoms with van der Waals surface area (Å²) in [7, 11) is 0. The van der Waals surface area contributed by atoms with Gasteiger partial charge in [-0.2, -0.15) is 0 Å². The molecular formula is C21H43N. The summed E-state index contributed by atoms with van der Waals surface area (Å²) >= 11 is 0. The maximum atomic E-state index is 3.83. The summed E-state index contributed by atoms with van der Waals surface area (Å²) in [6.07, 6.45) is 11.4. The van der Waals surface area contributed by atoms with Crippen LogP contribution < -0.4 is 5.32 Å². The van der Waals surface area contributed by atoms with E-state index >= 15 is 0 Å². The molecule has 5 unspecified atom stereocenters. The Kier molecular flexibility index (Phi) is 9.71. The monoisotopic (exact) mass is 309 g/mol. The van der Waals surface area contributed by atoms with Crippen LogP contribution in [-0.2, 0) is 0 Å². The largest absolute Gasteiger partial charge is 0.314 e. The van der Waals surface area contributed by atoms with Gasteiger partial charge in [-0.1, -0.05) is 66.7 Å². The minimum Gasteiger partial charge on any atom is -0.314 e. The Labute approximate surface area is 141 Å². The quantitative estimate of drug-likeness (QED) is 0.630. The lowest BCUT2D eigenvalue weighted by Gasteiger charge is -2.35. The van der Waals surface area contributed by atoms with E-state index in [0.29, 0.717) is 6.04 Å². The van der Waals surface area contributed by atoms with E-state index in [0.717, 1.165) is 29.6 Å². The Morgan fingerprint density at radius 2 is 1.77 bits per heavy atom. The SMILES string of the molecule is CCCCC1CCCNC(C)C(C)C(CC(C)C)C(C)CC1. The Morgan fingerprint density at radius 3 is 2.41 bits per heavy atom. The molecule has 0 aromatic carbocycles. The molecule has 0 bridgehead atoms. The van der Waals surface area contributed by atoms with Crippen molar-refractivity contribution in [2.45, 2.75) is 99.0 Å². The molecule has 1 aliphatic rings. The van der Waals surface area contributed by atoms with Crippen molar-refractivity contribution < 1.29 is 0 Å². The maximum Gasteiger partial charge on any atom is 0.00671 e. The first kappa shape index (κ1) is 20.0. The molecule has 0 saturated carbocycles. The molecule has 1 fully saturated rings. The molecule has 0 aromatic heterocycles. The van der Waals surface area contributed by atoms with Gasteiger partial charge in [0, 0.05) is 6.04 Å². The maximum absolute atomic E-state index is 3.83. The minimum absolute atomic E-state index is 0.665. The van der Waals surface area contributed by atoms with Crippen molar-refractivity contribution in [2.24, 2.45) is 29.6 Å². The second-order valence-corrected chi connectivity index (χ2v) is 8.60. The van der Waals surface area contributed by atoms with Crippen LogP contribution in [0.15, 0.2) is 0 Å². The second kappa shape index (κ2) is 10.7. The molecule has 0 amide bonds. The smallest absolute Gasteiger partial charge is 0.00671 e. The summed E-state index contributed by atoms with van der Waals surface area (Å²) < 4.78 is 0. The predicted molar refractivity (Wildman–Crippen MR) is 100 cm³/mol. The topological polar surface area (TPSA) is 12.0 Å². The molecule has 22 heavy (non-hydrogen) atoms. The Morgan fingerprint density at radius 1 is 1.05 bits per heavy atom. The molecule has 1 saturated heterocycles. The number of nitrogens with one attached hydrogen (secondary N) is 1. The van der Waals surface area contributed by atoms with Crippen LogP contribution in [0.4, 0.5) is 0 Å². The first-order valence-electron chi connectivity index (χ1n) is 10.2. The summed E-state index contributed by atoms with van der Waals surface area (Å²) in [6, 6.07) is 0.665. The number of hydrogen-bond donors (Lipinski definition) is 1. The molecule has 1 heteroatoms. The van der Waals surface area contributed by atoms with E-state index in [1.807, 2.05) is 0 Å². The van der Waals surface area contributed by atoms with Gasteiger partial charge < -0.3 is 5.32 Å². The zero-order valence-corrected chi connectivity index (χ0v) is 16.3. The van der Waals surface area contributed by atoms with Crippen molar-refractivity contribution in [1.82, 2.24) is 5.32 Å². The van der Waals surface area contributed by atoms with Crippen molar-refractivity contribution in [3.8, 4) is 0 Å². The molecule has 1 nitrogen and oxygen atoms in total. The van der Waals surface area contributed by atoms with Crippen molar-refractivity contribution in [2.75, 3.05) is 6.54 Å². The lowest BCUT2D eigenvalue weighted by molar-refractivity contribution is 0.168. The molecule has 1 heterocycles. The average molecular weight is 310 g/mol. The standard InChI is InChI=1S/C21H43N/c1-7-8-10-20-11-9-14-22-19(6)18(5)21(15-16(2)3)17(4)12-13-20/h16-22H,7-15H2,1-6H3. The van der Waals surface area contributed by atoms with E-state index in [1.54, 1.807) is 0 Å². The normalized spacial score (nSPS) is 35.3. The highest BCUT2D eigenvalue weighted by atomic mass is 14.9. The Balaban J connectivity index is 2.72. The van der Waals surface area contributed by atoms with Crippen LogP contribution in [0.2, 0.25) is 0 Å². The molecule has 1 N–H and O–H groups in total. The molecule has 0 aliphatic carbocycles. The third-order valence-electron chi connectivity index (χ3n) is 6.19. The van der Waals surface area contributed by atoms with Gasteiger partial charge in [0.1, 0.15) is 0 Å². The van der Waals surface area contributed by atoms with E-state index in [1.165, 1.54) is 57.9 Å². The van der Waals surface area contributed by atoms with Gasteiger partial charge in [-0.3, -0.25) is 0 Å². The van der Waals surface area contributed by atoms with Crippen LogP contribution in [0.3, 0.4) is 0 Å². The highest BCUT2D eigenvalue weighted by Gasteiger charge is 2.29. The molecular weight excluding hydrogens is 266 g/mol. The number of rotatable bonds is 5. The van der Waals surface area contributed by atoms with Gasteiger partial charge in [0.05, 0.1) is 0 Å². The third kappa shape index (κ3) is 7.02. The zero-order valence-electron chi connectivity index (χ0n) is 16.3. The summed E-state index contributed by atoms with van der Waals surface area (Å²) in [5, 5.41) is 3.83. The Hall–Kier alpha value is -0.0400. The average Bonchev–Trinajstić information content (AvgIpc) is 2.50. The molecule has 5 atom stereocenters. The zero-order chi connectivity index (χ0) is 16.5. The van der Waals surface area contributed by atoms with Crippen LogP contribution in [0, 0.1) is 29.6 Å². The van der Waals surface area contributed by atoms with Gasteiger partial charge in [0.25, 0.3) is 0 Å². The lowest BCUT2D eigenvalue weighted by atomic mass is 9.73. The van der Waals surface area contributed by atoms with Gasteiger partial charge in [0.15, 0.2) is 0 Å². The van der Waals surface area contributed by atoms with E-state index in [4.69, 9.17) is 0 Å². The first-order chi connectivity index (χ1) is 10.5. The number of hydrogen-bond acceptors (Lipinski definition) is 1. The molecule has 0 spiro atoms.